The SMILES string of the molecule is CSCCC(O)c1c(Br)cnn1C(C)C. The van der Waals surface area contributed by atoms with Gasteiger partial charge in [-0.3, -0.25) is 4.68 Å². The molecule has 0 aliphatic heterocycles. The highest BCUT2D eigenvalue weighted by Crippen LogP contribution is 2.28. The zero-order valence-corrected chi connectivity index (χ0v) is 11.7. The van der Waals surface area contributed by atoms with Gasteiger partial charge in [0.25, 0.3) is 0 Å². The van der Waals surface area contributed by atoms with Gasteiger partial charge in [-0.1, -0.05) is 0 Å². The Morgan fingerprint density at radius 2 is 2.27 bits per heavy atom. The minimum Gasteiger partial charge on any atom is -0.387 e. The topological polar surface area (TPSA) is 38.1 Å². The maximum absolute atomic E-state index is 10.0. The summed E-state index contributed by atoms with van der Waals surface area (Å²) in [7, 11) is 0. The van der Waals surface area contributed by atoms with Crippen LogP contribution in [-0.4, -0.2) is 26.9 Å². The summed E-state index contributed by atoms with van der Waals surface area (Å²) >= 11 is 5.17. The largest absolute Gasteiger partial charge is 0.387 e. The highest BCUT2D eigenvalue weighted by molar-refractivity contribution is 9.10. The Balaban J connectivity index is 2.85. The fourth-order valence-electron chi connectivity index (χ4n) is 1.44. The number of aromatic nitrogens is 2. The number of hydrogen-bond acceptors (Lipinski definition) is 3. The van der Waals surface area contributed by atoms with Crippen molar-refractivity contribution in [2.75, 3.05) is 12.0 Å². The quantitative estimate of drug-likeness (QED) is 0.907. The van der Waals surface area contributed by atoms with Crippen molar-refractivity contribution < 1.29 is 5.11 Å². The first-order valence-electron chi connectivity index (χ1n) is 4.97. The average molecular weight is 293 g/mol. The summed E-state index contributed by atoms with van der Waals surface area (Å²) in [5.41, 5.74) is 0.888. The van der Waals surface area contributed by atoms with Crippen LogP contribution in [0.1, 0.15) is 38.1 Å². The first-order valence-corrected chi connectivity index (χ1v) is 7.16. The second-order valence-electron chi connectivity index (χ2n) is 3.71. The van der Waals surface area contributed by atoms with Crippen LogP contribution >= 0.6 is 27.7 Å². The fourth-order valence-corrected chi connectivity index (χ4v) is 2.44. The summed E-state index contributed by atoms with van der Waals surface area (Å²) in [4.78, 5) is 0. The Bertz CT molecular complexity index is 314. The van der Waals surface area contributed by atoms with Gasteiger partial charge in [-0.05, 0) is 48.2 Å². The summed E-state index contributed by atoms with van der Waals surface area (Å²) in [5.74, 6) is 0.955. The number of rotatable bonds is 5. The molecule has 0 aliphatic carbocycles. The lowest BCUT2D eigenvalue weighted by Crippen LogP contribution is -2.12. The summed E-state index contributed by atoms with van der Waals surface area (Å²) in [6, 6.07) is 0.273. The van der Waals surface area contributed by atoms with Crippen molar-refractivity contribution in [3.8, 4) is 0 Å². The van der Waals surface area contributed by atoms with Crippen LogP contribution in [0.15, 0.2) is 10.7 Å². The molecule has 1 N–H and O–H groups in total. The van der Waals surface area contributed by atoms with Crippen LogP contribution in [0, 0.1) is 0 Å². The average Bonchev–Trinajstić information content (AvgIpc) is 2.56. The molecule has 0 aliphatic rings. The molecule has 0 amide bonds. The lowest BCUT2D eigenvalue weighted by Gasteiger charge is -2.16. The number of aliphatic hydroxyl groups is 1. The van der Waals surface area contributed by atoms with Gasteiger partial charge in [-0.2, -0.15) is 16.9 Å². The van der Waals surface area contributed by atoms with E-state index in [9.17, 15) is 5.11 Å². The van der Waals surface area contributed by atoms with Gasteiger partial charge in [0.05, 0.1) is 22.5 Å². The van der Waals surface area contributed by atoms with Gasteiger partial charge in [0.1, 0.15) is 0 Å². The Morgan fingerprint density at radius 3 is 2.80 bits per heavy atom. The molecule has 86 valence electrons. The third-order valence-electron chi connectivity index (χ3n) is 2.19. The zero-order valence-electron chi connectivity index (χ0n) is 9.27. The first kappa shape index (κ1) is 13.1. The summed E-state index contributed by atoms with van der Waals surface area (Å²) in [6.45, 7) is 4.12. The minimum absolute atomic E-state index is 0.273. The third-order valence-corrected chi connectivity index (χ3v) is 3.44. The molecular weight excluding hydrogens is 276 g/mol. The highest BCUT2D eigenvalue weighted by atomic mass is 79.9. The molecule has 15 heavy (non-hydrogen) atoms. The molecule has 0 bridgehead atoms. The molecule has 0 fully saturated rings. The lowest BCUT2D eigenvalue weighted by atomic mass is 10.2. The molecule has 0 spiro atoms. The van der Waals surface area contributed by atoms with Crippen LogP contribution in [0.3, 0.4) is 0 Å². The van der Waals surface area contributed by atoms with Crippen molar-refractivity contribution in [2.45, 2.75) is 32.4 Å². The summed E-state index contributed by atoms with van der Waals surface area (Å²) < 4.78 is 2.76. The molecule has 1 heterocycles. The molecule has 0 radical (unpaired) electrons. The van der Waals surface area contributed by atoms with Gasteiger partial charge in [0, 0.05) is 6.04 Å². The summed E-state index contributed by atoms with van der Waals surface area (Å²) in [6.07, 6.45) is 4.12. The van der Waals surface area contributed by atoms with Gasteiger partial charge in [0.2, 0.25) is 0 Å². The molecular formula is C10H17BrN2OS. The molecule has 1 aromatic heterocycles. The minimum atomic E-state index is -0.434. The van der Waals surface area contributed by atoms with Gasteiger partial charge in [0.15, 0.2) is 0 Å². The number of halogens is 1. The number of aliphatic hydroxyl groups excluding tert-OH is 1. The van der Waals surface area contributed by atoms with Gasteiger partial charge in [-0.15, -0.1) is 0 Å². The Labute approximate surface area is 103 Å². The van der Waals surface area contributed by atoms with Crippen molar-refractivity contribution in [1.29, 1.82) is 0 Å². The maximum Gasteiger partial charge on any atom is 0.0976 e. The van der Waals surface area contributed by atoms with E-state index in [1.807, 2.05) is 10.9 Å². The maximum atomic E-state index is 10.0. The van der Waals surface area contributed by atoms with E-state index in [0.29, 0.717) is 0 Å². The smallest absolute Gasteiger partial charge is 0.0976 e. The molecule has 1 aromatic rings. The normalized spacial score (nSPS) is 13.5. The molecule has 0 aromatic carbocycles. The van der Waals surface area contributed by atoms with Crippen molar-refractivity contribution in [3.05, 3.63) is 16.4 Å². The predicted octanol–water partition coefficient (Wildman–Crippen LogP) is 3.01. The third kappa shape index (κ3) is 3.23. The van der Waals surface area contributed by atoms with E-state index in [0.717, 1.165) is 22.3 Å². The van der Waals surface area contributed by atoms with Gasteiger partial charge >= 0.3 is 0 Å². The lowest BCUT2D eigenvalue weighted by molar-refractivity contribution is 0.160. The fraction of sp³-hybridized carbons (Fsp3) is 0.700. The monoisotopic (exact) mass is 292 g/mol. The van der Waals surface area contributed by atoms with Crippen LogP contribution in [0.25, 0.3) is 0 Å². The van der Waals surface area contributed by atoms with E-state index in [2.05, 4.69) is 34.9 Å². The van der Waals surface area contributed by atoms with E-state index in [4.69, 9.17) is 0 Å². The van der Waals surface area contributed by atoms with E-state index in [1.54, 1.807) is 18.0 Å². The van der Waals surface area contributed by atoms with E-state index < -0.39 is 6.10 Å². The van der Waals surface area contributed by atoms with E-state index >= 15 is 0 Å². The van der Waals surface area contributed by atoms with Crippen LogP contribution in [0.2, 0.25) is 0 Å². The molecule has 1 atom stereocenters. The first-order chi connectivity index (χ1) is 7.07. The van der Waals surface area contributed by atoms with Crippen LogP contribution in [0.4, 0.5) is 0 Å². The van der Waals surface area contributed by atoms with Crippen molar-refractivity contribution in [1.82, 2.24) is 9.78 Å². The number of hydrogen-bond donors (Lipinski definition) is 1. The van der Waals surface area contributed by atoms with Gasteiger partial charge in [-0.25, -0.2) is 0 Å². The Morgan fingerprint density at radius 1 is 1.60 bits per heavy atom. The highest BCUT2D eigenvalue weighted by Gasteiger charge is 2.18. The standard InChI is InChI=1S/C10H17BrN2OS/c1-7(2)13-10(8(11)6-12-13)9(14)4-5-15-3/h6-7,9,14H,4-5H2,1-3H3. The Hall–Kier alpha value is 0. The summed E-state index contributed by atoms with van der Waals surface area (Å²) in [5, 5.41) is 14.3. The van der Waals surface area contributed by atoms with Crippen molar-refractivity contribution in [2.24, 2.45) is 0 Å². The molecule has 1 rings (SSSR count). The zero-order chi connectivity index (χ0) is 11.4. The predicted molar refractivity (Wildman–Crippen MR) is 68.3 cm³/mol. The van der Waals surface area contributed by atoms with Crippen LogP contribution in [0.5, 0.6) is 0 Å². The van der Waals surface area contributed by atoms with Crippen molar-refractivity contribution in [3.63, 3.8) is 0 Å². The van der Waals surface area contributed by atoms with E-state index in [-0.39, 0.29) is 6.04 Å². The molecule has 1 unspecified atom stereocenters. The van der Waals surface area contributed by atoms with Crippen LogP contribution in [-0.2, 0) is 0 Å². The number of nitrogens with zero attached hydrogens (tertiary/aromatic N) is 2. The second kappa shape index (κ2) is 5.92. The molecule has 3 nitrogen and oxygen atoms in total. The molecule has 0 saturated heterocycles. The Kier molecular flexibility index (Phi) is 5.15. The van der Waals surface area contributed by atoms with Gasteiger partial charge < -0.3 is 5.11 Å². The number of thioether (sulfide) groups is 1. The van der Waals surface area contributed by atoms with Crippen molar-refractivity contribution >= 4 is 27.7 Å². The van der Waals surface area contributed by atoms with E-state index in [1.165, 1.54) is 0 Å². The van der Waals surface area contributed by atoms with Crippen LogP contribution < -0.4 is 0 Å². The second-order valence-corrected chi connectivity index (χ2v) is 5.55. The molecule has 0 saturated carbocycles. The molecule has 5 heteroatoms.